The summed E-state index contributed by atoms with van der Waals surface area (Å²) in [6.07, 6.45) is -0.814. The fraction of sp³-hybridized carbons (Fsp3) is 0.500. The number of anilines is 1. The van der Waals surface area contributed by atoms with Gasteiger partial charge >= 0.3 is 0 Å². The van der Waals surface area contributed by atoms with Gasteiger partial charge in [-0.05, 0) is 123 Å². The molecular weight excluding hydrogens is 1010 g/mol. The molecule has 5 rings (SSSR count). The molecule has 0 aromatic heterocycles. The highest BCUT2D eigenvalue weighted by molar-refractivity contribution is 7.89. The van der Waals surface area contributed by atoms with Crippen molar-refractivity contribution in [3.8, 4) is 17.2 Å². The molecule has 0 saturated carbocycles. The van der Waals surface area contributed by atoms with Crippen LogP contribution in [0.25, 0.3) is 0 Å². The molecule has 0 radical (unpaired) electrons. The van der Waals surface area contributed by atoms with E-state index in [2.05, 4.69) is 16.0 Å². The molecule has 4 aromatic rings. The molecule has 1 aliphatic rings. The highest BCUT2D eigenvalue weighted by Gasteiger charge is 2.41. The van der Waals surface area contributed by atoms with Gasteiger partial charge < -0.3 is 50.0 Å². The van der Waals surface area contributed by atoms with E-state index in [1.54, 1.807) is 70.5 Å². The number of benzene rings is 4. The number of hydrogen-bond acceptors (Lipinski definition) is 13. The molecule has 1 heterocycles. The number of nitrogens with one attached hydrogen (secondary N) is 3. The minimum absolute atomic E-state index is 0.0201. The summed E-state index contributed by atoms with van der Waals surface area (Å²) in [5, 5.41) is 31.8. The molecule has 0 bridgehead atoms. The predicted molar refractivity (Wildman–Crippen MR) is 293 cm³/mol. The van der Waals surface area contributed by atoms with Crippen molar-refractivity contribution in [3.05, 3.63) is 114 Å². The number of rotatable bonds is 29. The fourth-order valence-electron chi connectivity index (χ4n) is 9.01. The highest BCUT2D eigenvalue weighted by atomic mass is 32.2. The Kier molecular flexibility index (Phi) is 23.0. The van der Waals surface area contributed by atoms with E-state index in [1.807, 2.05) is 63.2 Å². The third-order valence-electron chi connectivity index (χ3n) is 13.9. The van der Waals surface area contributed by atoms with Gasteiger partial charge in [0.1, 0.15) is 11.8 Å². The van der Waals surface area contributed by atoms with Crippen molar-refractivity contribution in [2.75, 3.05) is 46.3 Å². The Morgan fingerprint density at radius 2 is 1.47 bits per heavy atom. The molecule has 6 atom stereocenters. The zero-order chi connectivity index (χ0) is 56.5. The third-order valence-corrected chi connectivity index (χ3v) is 15.8. The lowest BCUT2D eigenvalue weighted by molar-refractivity contribution is -0.188. The van der Waals surface area contributed by atoms with E-state index in [9.17, 15) is 42.6 Å². The van der Waals surface area contributed by atoms with Crippen LogP contribution in [0.1, 0.15) is 109 Å². The Balaban J connectivity index is 1.25. The molecule has 1 saturated heterocycles. The number of Topliss-reactive ketones (excluding diaryl/α,β-unsaturated/α-hetero) is 1. The van der Waals surface area contributed by atoms with Crippen LogP contribution in [0.5, 0.6) is 17.2 Å². The number of methoxy groups -OCH3 is 3. The molecule has 5 N–H and O–H groups in total. The van der Waals surface area contributed by atoms with Crippen molar-refractivity contribution in [3.63, 3.8) is 0 Å². The average molecular weight is 1090 g/mol. The van der Waals surface area contributed by atoms with Crippen LogP contribution in [0.3, 0.4) is 0 Å². The van der Waals surface area contributed by atoms with Gasteiger partial charge in [0.25, 0.3) is 5.91 Å². The smallest absolute Gasteiger partial charge is 0.290 e. The first kappa shape index (κ1) is 61.5. The molecular formula is C58H79N5O13S. The maximum atomic E-state index is 13.9. The van der Waals surface area contributed by atoms with Gasteiger partial charge in [-0.1, -0.05) is 83.1 Å². The second-order valence-electron chi connectivity index (χ2n) is 20.6. The number of aliphatic hydroxyl groups excluding tert-OH is 2. The Morgan fingerprint density at radius 3 is 2.12 bits per heavy atom. The standard InChI is InChI=1S/C58H79N5O13S/c1-10-58(5,6)54(67)56(69)63-32-15-14-21-47(63)57(70)76-49(28-22-41-23-29-50(74-8)51(34-41)75-9)42-19-16-20-43(35-42)60-53(66)31-30-52(65)59-39(4)55(68)61-46(33-40-17-12-11-13-18-40)48(64)37-62(36-38(2)3)77(71,72)45-26-24-44(73-7)25-27-45/h11-13,16-20,23-27,29,34-35,38-39,46-49,57,64,70H,10,14-15,21-22,28,30-33,36-37H2,1-9H3,(H,59,65)(H,60,66)(H,61,68)/t39?,46-,47+,48+,49-,57?/m1/s1. The summed E-state index contributed by atoms with van der Waals surface area (Å²) in [7, 11) is 0.491. The van der Waals surface area contributed by atoms with Gasteiger partial charge in [0.05, 0.1) is 50.5 Å². The summed E-state index contributed by atoms with van der Waals surface area (Å²) in [6.45, 7) is 10.6. The minimum atomic E-state index is -4.08. The lowest BCUT2D eigenvalue weighted by atomic mass is 9.84. The van der Waals surface area contributed by atoms with Gasteiger partial charge in [0.2, 0.25) is 33.5 Å². The number of carbonyl (C=O) groups excluding carboxylic acids is 5. The largest absolute Gasteiger partial charge is 0.497 e. The van der Waals surface area contributed by atoms with Crippen LogP contribution in [0.2, 0.25) is 0 Å². The zero-order valence-electron chi connectivity index (χ0n) is 46.0. The average Bonchev–Trinajstić information content (AvgIpc) is 3.42. The van der Waals surface area contributed by atoms with Crippen molar-refractivity contribution in [2.45, 2.75) is 141 Å². The lowest BCUT2D eigenvalue weighted by Crippen LogP contribution is -2.55. The number of likely N-dealkylation sites (tertiary alicyclic amines) is 1. The number of piperidine rings is 1. The van der Waals surface area contributed by atoms with E-state index in [-0.39, 0.29) is 43.2 Å². The summed E-state index contributed by atoms with van der Waals surface area (Å²) in [6, 6.07) is 24.7. The van der Waals surface area contributed by atoms with Gasteiger partial charge in [-0.25, -0.2) is 8.42 Å². The van der Waals surface area contributed by atoms with Gasteiger partial charge in [0, 0.05) is 43.6 Å². The Morgan fingerprint density at radius 1 is 0.779 bits per heavy atom. The highest BCUT2D eigenvalue weighted by Crippen LogP contribution is 2.34. The second-order valence-corrected chi connectivity index (χ2v) is 22.5. The predicted octanol–water partition coefficient (Wildman–Crippen LogP) is 6.77. The number of ether oxygens (including phenoxy) is 4. The van der Waals surface area contributed by atoms with Crippen LogP contribution in [0, 0.1) is 11.3 Å². The molecule has 18 nitrogen and oxygen atoms in total. The molecule has 4 aromatic carbocycles. The monoisotopic (exact) mass is 1090 g/mol. The Labute approximate surface area is 454 Å². The van der Waals surface area contributed by atoms with Crippen molar-refractivity contribution in [1.82, 2.24) is 19.8 Å². The van der Waals surface area contributed by atoms with Crippen LogP contribution in [0.15, 0.2) is 102 Å². The van der Waals surface area contributed by atoms with E-state index < -0.39 is 81.5 Å². The summed E-state index contributed by atoms with van der Waals surface area (Å²) in [5.41, 5.74) is 1.80. The summed E-state index contributed by atoms with van der Waals surface area (Å²) in [4.78, 5) is 68.8. The number of amides is 4. The molecule has 2 unspecified atom stereocenters. The first-order valence-corrected chi connectivity index (χ1v) is 27.8. The number of carbonyl (C=O) groups is 5. The molecule has 4 amide bonds. The maximum Gasteiger partial charge on any atom is 0.290 e. The summed E-state index contributed by atoms with van der Waals surface area (Å²) in [5.74, 6) is -1.38. The summed E-state index contributed by atoms with van der Waals surface area (Å²) < 4.78 is 51.6. The van der Waals surface area contributed by atoms with Crippen molar-refractivity contribution in [1.29, 1.82) is 0 Å². The summed E-state index contributed by atoms with van der Waals surface area (Å²) >= 11 is 0. The molecule has 19 heteroatoms. The minimum Gasteiger partial charge on any atom is -0.497 e. The topological polar surface area (TPSA) is 239 Å². The SMILES string of the molecule is CCC(C)(C)C(=O)C(=O)N1CCCC[C@H]1C(O)O[C@H](CCc1ccc(OC)c(OC)c1)c1cccc(NC(=O)CCC(=O)NC(C)C(=O)N[C@H](Cc2ccccc2)[C@@H](O)CN(CC(C)C)S(=O)(=O)c2ccc(OC)cc2)c1. The molecule has 0 spiro atoms. The van der Waals surface area contributed by atoms with Gasteiger partial charge in [-0.2, -0.15) is 4.31 Å². The van der Waals surface area contributed by atoms with Crippen LogP contribution < -0.4 is 30.2 Å². The van der Waals surface area contributed by atoms with Crippen molar-refractivity contribution < 1.29 is 61.6 Å². The normalized spacial score (nSPS) is 15.9. The first-order chi connectivity index (χ1) is 36.6. The Bertz CT molecular complexity index is 2700. The molecule has 77 heavy (non-hydrogen) atoms. The van der Waals surface area contributed by atoms with Crippen molar-refractivity contribution in [2.24, 2.45) is 11.3 Å². The number of sulfonamides is 1. The molecule has 1 fully saturated rings. The van der Waals surface area contributed by atoms with Crippen molar-refractivity contribution >= 4 is 45.1 Å². The van der Waals surface area contributed by atoms with Gasteiger partial charge in [-0.15, -0.1) is 0 Å². The van der Waals surface area contributed by atoms with E-state index >= 15 is 0 Å². The van der Waals surface area contributed by atoms with Crippen LogP contribution in [-0.4, -0.2) is 129 Å². The second kappa shape index (κ2) is 28.8. The number of aryl methyl sites for hydroxylation is 1. The number of ketones is 1. The number of hydrogen-bond donors (Lipinski definition) is 5. The van der Waals surface area contributed by atoms with Gasteiger partial charge in [-0.3, -0.25) is 24.0 Å². The van der Waals surface area contributed by atoms with E-state index in [1.165, 1.54) is 35.4 Å². The maximum absolute atomic E-state index is 13.9. The Hall–Kier alpha value is -6.38. The van der Waals surface area contributed by atoms with E-state index in [0.29, 0.717) is 67.1 Å². The van der Waals surface area contributed by atoms with Crippen LogP contribution in [0.4, 0.5) is 5.69 Å². The third kappa shape index (κ3) is 17.6. The zero-order valence-corrected chi connectivity index (χ0v) is 46.8. The van der Waals surface area contributed by atoms with Crippen LogP contribution >= 0.6 is 0 Å². The quantitative estimate of drug-likeness (QED) is 0.0279. The number of nitrogens with zero attached hydrogens (tertiary/aromatic N) is 2. The van der Waals surface area contributed by atoms with Gasteiger partial charge in [0.15, 0.2) is 17.8 Å². The molecule has 420 valence electrons. The van der Waals surface area contributed by atoms with E-state index in [4.69, 9.17) is 18.9 Å². The molecule has 1 aliphatic heterocycles. The van der Waals surface area contributed by atoms with Crippen LogP contribution in [-0.2, 0) is 51.6 Å². The van der Waals surface area contributed by atoms with E-state index in [0.717, 1.165) is 17.5 Å². The first-order valence-electron chi connectivity index (χ1n) is 26.4. The lowest BCUT2D eigenvalue weighted by Gasteiger charge is -2.40. The fourth-order valence-corrected chi connectivity index (χ4v) is 10.6. The number of aliphatic hydroxyl groups is 2. The molecule has 0 aliphatic carbocycles.